The van der Waals surface area contributed by atoms with Crippen molar-refractivity contribution in [3.63, 3.8) is 0 Å². The van der Waals surface area contributed by atoms with Gasteiger partial charge in [0, 0.05) is 12.1 Å². The highest BCUT2D eigenvalue weighted by molar-refractivity contribution is 5.41. The molecule has 0 saturated carbocycles. The third-order valence-electron chi connectivity index (χ3n) is 2.14. The van der Waals surface area contributed by atoms with E-state index in [0.29, 0.717) is 5.82 Å². The van der Waals surface area contributed by atoms with E-state index in [0.717, 1.165) is 37.2 Å². The maximum atomic E-state index is 5.72. The van der Waals surface area contributed by atoms with Crippen LogP contribution in [0.4, 0.5) is 5.82 Å². The minimum absolute atomic E-state index is 0.620. The summed E-state index contributed by atoms with van der Waals surface area (Å²) in [6.07, 6.45) is 3.68. The molecule has 0 atom stereocenters. The van der Waals surface area contributed by atoms with Crippen molar-refractivity contribution in [2.24, 2.45) is 0 Å². The lowest BCUT2D eigenvalue weighted by molar-refractivity contribution is 0.680. The summed E-state index contributed by atoms with van der Waals surface area (Å²) in [6, 6.07) is 0. The molecule has 64 valence electrons. The number of rotatable bonds is 0. The highest BCUT2D eigenvalue weighted by Crippen LogP contribution is 2.15. The lowest BCUT2D eigenvalue weighted by Crippen LogP contribution is -2.13. The Bertz CT molecular complexity index is 284. The zero-order valence-electron chi connectivity index (χ0n) is 6.88. The van der Waals surface area contributed by atoms with Gasteiger partial charge in [-0.2, -0.15) is 0 Å². The molecule has 0 radical (unpaired) electrons. The van der Waals surface area contributed by atoms with Gasteiger partial charge in [0.25, 0.3) is 0 Å². The first-order chi connectivity index (χ1) is 5.88. The Morgan fingerprint density at radius 1 is 1.42 bits per heavy atom. The molecule has 0 amide bonds. The molecule has 0 fully saturated rings. The molecule has 0 saturated heterocycles. The number of nitrogens with one attached hydrogen (secondary N) is 1. The smallest absolute Gasteiger partial charge is 0.131 e. The van der Waals surface area contributed by atoms with Crippen LogP contribution in [0.5, 0.6) is 0 Å². The highest BCUT2D eigenvalue weighted by atomic mass is 14.9. The first-order valence-electron chi connectivity index (χ1n) is 4.17. The number of nitrogens with two attached hydrogens (primary N) is 1. The van der Waals surface area contributed by atoms with Crippen molar-refractivity contribution in [3.8, 4) is 0 Å². The summed E-state index contributed by atoms with van der Waals surface area (Å²) >= 11 is 0. The van der Waals surface area contributed by atoms with Gasteiger partial charge in [0.1, 0.15) is 12.1 Å². The summed E-state index contributed by atoms with van der Waals surface area (Å²) in [6.45, 7) is 1.85. The molecule has 2 heterocycles. The number of nitrogens with zero attached hydrogens (tertiary/aromatic N) is 2. The van der Waals surface area contributed by atoms with Gasteiger partial charge in [0.05, 0.1) is 5.69 Å². The molecule has 12 heavy (non-hydrogen) atoms. The van der Waals surface area contributed by atoms with Gasteiger partial charge >= 0.3 is 0 Å². The standard InChI is InChI=1S/C8H12N4/c9-8-6-4-10-3-1-2-7(6)11-5-12-8/h5,10H,1-4H2,(H2,9,11,12). The lowest BCUT2D eigenvalue weighted by Gasteiger charge is -2.05. The summed E-state index contributed by atoms with van der Waals surface area (Å²) in [7, 11) is 0. The quantitative estimate of drug-likeness (QED) is 0.570. The van der Waals surface area contributed by atoms with E-state index in [2.05, 4.69) is 15.3 Å². The van der Waals surface area contributed by atoms with Crippen LogP contribution in [-0.2, 0) is 13.0 Å². The maximum absolute atomic E-state index is 5.72. The minimum Gasteiger partial charge on any atom is -0.383 e. The second-order valence-electron chi connectivity index (χ2n) is 2.96. The van der Waals surface area contributed by atoms with Crippen molar-refractivity contribution in [2.45, 2.75) is 19.4 Å². The molecule has 0 bridgehead atoms. The van der Waals surface area contributed by atoms with Crippen molar-refractivity contribution in [2.75, 3.05) is 12.3 Å². The van der Waals surface area contributed by atoms with Crippen molar-refractivity contribution in [1.82, 2.24) is 15.3 Å². The number of hydrogen-bond donors (Lipinski definition) is 2. The van der Waals surface area contributed by atoms with Crippen LogP contribution in [0.1, 0.15) is 17.7 Å². The second-order valence-corrected chi connectivity index (χ2v) is 2.96. The van der Waals surface area contributed by atoms with E-state index in [1.54, 1.807) is 6.33 Å². The summed E-state index contributed by atoms with van der Waals surface area (Å²) < 4.78 is 0. The Labute approximate surface area is 71.2 Å². The Morgan fingerprint density at radius 3 is 3.25 bits per heavy atom. The predicted octanol–water partition coefficient (Wildman–Crippen LogP) is 0.0946. The van der Waals surface area contributed by atoms with Crippen molar-refractivity contribution < 1.29 is 0 Å². The average Bonchev–Trinajstić information content (AvgIpc) is 2.30. The fraction of sp³-hybridized carbons (Fsp3) is 0.500. The normalized spacial score (nSPS) is 16.7. The largest absolute Gasteiger partial charge is 0.383 e. The molecule has 3 N–H and O–H groups in total. The van der Waals surface area contributed by atoms with E-state index in [4.69, 9.17) is 5.73 Å². The molecule has 2 rings (SSSR count). The van der Waals surface area contributed by atoms with E-state index in [1.165, 1.54) is 0 Å². The van der Waals surface area contributed by atoms with Crippen molar-refractivity contribution in [1.29, 1.82) is 0 Å². The van der Waals surface area contributed by atoms with Crippen LogP contribution in [0, 0.1) is 0 Å². The van der Waals surface area contributed by atoms with Gasteiger partial charge in [0.2, 0.25) is 0 Å². The molecule has 0 aliphatic carbocycles. The zero-order valence-corrected chi connectivity index (χ0v) is 6.88. The summed E-state index contributed by atoms with van der Waals surface area (Å²) in [4.78, 5) is 8.17. The number of nitrogen functional groups attached to an aromatic ring is 1. The number of aromatic nitrogens is 2. The molecule has 4 heteroatoms. The molecular formula is C8H12N4. The van der Waals surface area contributed by atoms with Crippen LogP contribution < -0.4 is 11.1 Å². The van der Waals surface area contributed by atoms with Crippen LogP contribution in [0.3, 0.4) is 0 Å². The fourth-order valence-electron chi connectivity index (χ4n) is 1.47. The van der Waals surface area contributed by atoms with Crippen LogP contribution in [0.2, 0.25) is 0 Å². The molecule has 0 unspecified atom stereocenters. The first-order valence-corrected chi connectivity index (χ1v) is 4.17. The molecule has 0 spiro atoms. The van der Waals surface area contributed by atoms with E-state index >= 15 is 0 Å². The van der Waals surface area contributed by atoms with Crippen LogP contribution in [0.25, 0.3) is 0 Å². The summed E-state index contributed by atoms with van der Waals surface area (Å²) in [5, 5.41) is 3.28. The van der Waals surface area contributed by atoms with Gasteiger partial charge in [-0.3, -0.25) is 0 Å². The van der Waals surface area contributed by atoms with Gasteiger partial charge in [-0.1, -0.05) is 0 Å². The molecule has 1 aromatic heterocycles. The molecule has 0 aromatic carbocycles. The minimum atomic E-state index is 0.620. The average molecular weight is 164 g/mol. The summed E-state index contributed by atoms with van der Waals surface area (Å²) in [5.74, 6) is 0.620. The third kappa shape index (κ3) is 1.25. The van der Waals surface area contributed by atoms with E-state index in [9.17, 15) is 0 Å². The molecule has 4 nitrogen and oxygen atoms in total. The van der Waals surface area contributed by atoms with Crippen molar-refractivity contribution >= 4 is 5.82 Å². The van der Waals surface area contributed by atoms with Gasteiger partial charge in [-0.25, -0.2) is 9.97 Å². The first kappa shape index (κ1) is 7.49. The summed E-state index contributed by atoms with van der Waals surface area (Å²) in [5.41, 5.74) is 7.90. The fourth-order valence-corrected chi connectivity index (χ4v) is 1.47. The number of anilines is 1. The van der Waals surface area contributed by atoms with Gasteiger partial charge in [-0.05, 0) is 19.4 Å². The third-order valence-corrected chi connectivity index (χ3v) is 2.14. The Kier molecular flexibility index (Phi) is 1.91. The van der Waals surface area contributed by atoms with Crippen LogP contribution in [-0.4, -0.2) is 16.5 Å². The SMILES string of the molecule is Nc1ncnc2c1CNCCC2. The molecular weight excluding hydrogens is 152 g/mol. The van der Waals surface area contributed by atoms with Crippen LogP contribution in [0.15, 0.2) is 6.33 Å². The Hall–Kier alpha value is -1.16. The number of fused-ring (bicyclic) bond motifs is 1. The molecule has 1 aliphatic heterocycles. The van der Waals surface area contributed by atoms with E-state index in [1.807, 2.05) is 0 Å². The lowest BCUT2D eigenvalue weighted by atomic mass is 10.1. The van der Waals surface area contributed by atoms with E-state index < -0.39 is 0 Å². The topological polar surface area (TPSA) is 63.8 Å². The Morgan fingerprint density at radius 2 is 2.33 bits per heavy atom. The zero-order chi connectivity index (χ0) is 8.39. The Balaban J connectivity index is 2.42. The van der Waals surface area contributed by atoms with Crippen LogP contribution >= 0.6 is 0 Å². The number of hydrogen-bond acceptors (Lipinski definition) is 4. The van der Waals surface area contributed by atoms with E-state index in [-0.39, 0.29) is 0 Å². The number of aryl methyl sites for hydroxylation is 1. The highest BCUT2D eigenvalue weighted by Gasteiger charge is 2.11. The molecule has 1 aromatic rings. The molecule has 1 aliphatic rings. The maximum Gasteiger partial charge on any atom is 0.131 e. The monoisotopic (exact) mass is 164 g/mol. The van der Waals surface area contributed by atoms with Gasteiger partial charge in [0.15, 0.2) is 0 Å². The van der Waals surface area contributed by atoms with Gasteiger partial charge < -0.3 is 11.1 Å². The van der Waals surface area contributed by atoms with Crippen molar-refractivity contribution in [3.05, 3.63) is 17.6 Å². The predicted molar refractivity (Wildman–Crippen MR) is 46.5 cm³/mol. The second kappa shape index (κ2) is 3.06. The van der Waals surface area contributed by atoms with Gasteiger partial charge in [-0.15, -0.1) is 0 Å².